The summed E-state index contributed by atoms with van der Waals surface area (Å²) in [6.45, 7) is 0. The zero-order valence-corrected chi connectivity index (χ0v) is 12.9. The number of fused-ring (bicyclic) bond motifs is 1. The molecule has 1 atom stereocenters. The van der Waals surface area contributed by atoms with Gasteiger partial charge in [-0.25, -0.2) is 13.6 Å². The summed E-state index contributed by atoms with van der Waals surface area (Å²) in [6.07, 6.45) is 1.74. The van der Waals surface area contributed by atoms with Crippen molar-refractivity contribution < 1.29 is 23.5 Å². The Kier molecular flexibility index (Phi) is 4.47. The number of amides is 1. The van der Waals surface area contributed by atoms with Gasteiger partial charge in [0, 0.05) is 29.1 Å². The van der Waals surface area contributed by atoms with E-state index in [2.05, 4.69) is 10.3 Å². The standard InChI is InChI=1S/C18H14F2N2O3/c19-13-6-5-10(7-14(13)20)17(23)22-16(18(24)25)8-11-9-21-15-4-2-1-3-12(11)15/h1-7,9,16,21H,8H2,(H,22,23)(H,24,25)/t16-/m1/s1. The lowest BCUT2D eigenvalue weighted by Crippen LogP contribution is -2.42. The first-order chi connectivity index (χ1) is 12.0. The lowest BCUT2D eigenvalue weighted by atomic mass is 10.0. The van der Waals surface area contributed by atoms with Crippen molar-refractivity contribution in [3.05, 3.63) is 71.4 Å². The van der Waals surface area contributed by atoms with Crippen molar-refractivity contribution >= 4 is 22.8 Å². The molecule has 1 aromatic heterocycles. The Labute approximate surface area is 141 Å². The number of carboxylic acid groups (broad SMARTS) is 1. The normalized spacial score (nSPS) is 12.1. The lowest BCUT2D eigenvalue weighted by Gasteiger charge is -2.14. The maximum absolute atomic E-state index is 13.2. The van der Waals surface area contributed by atoms with E-state index in [1.54, 1.807) is 6.20 Å². The second-order valence-corrected chi connectivity index (χ2v) is 5.56. The summed E-state index contributed by atoms with van der Waals surface area (Å²) in [6, 6.07) is 8.82. The zero-order chi connectivity index (χ0) is 18.0. The Morgan fingerprint density at radius 3 is 2.60 bits per heavy atom. The number of carbonyl (C=O) groups is 2. The summed E-state index contributed by atoms with van der Waals surface area (Å²) in [5.74, 6) is -4.26. The van der Waals surface area contributed by atoms with Crippen LogP contribution in [-0.2, 0) is 11.2 Å². The molecule has 0 saturated carbocycles. The molecule has 3 aromatic rings. The van der Waals surface area contributed by atoms with Crippen LogP contribution in [0.4, 0.5) is 8.78 Å². The number of rotatable bonds is 5. The number of para-hydroxylation sites is 1. The van der Waals surface area contributed by atoms with Gasteiger partial charge in [0.05, 0.1) is 0 Å². The Hall–Kier alpha value is -3.22. The quantitative estimate of drug-likeness (QED) is 0.666. The van der Waals surface area contributed by atoms with Crippen LogP contribution in [0.5, 0.6) is 0 Å². The van der Waals surface area contributed by atoms with Gasteiger partial charge >= 0.3 is 5.97 Å². The van der Waals surface area contributed by atoms with Gasteiger partial charge in [0.1, 0.15) is 6.04 Å². The van der Waals surface area contributed by atoms with Crippen molar-refractivity contribution in [1.29, 1.82) is 0 Å². The van der Waals surface area contributed by atoms with Crippen LogP contribution in [0.2, 0.25) is 0 Å². The highest BCUT2D eigenvalue weighted by Gasteiger charge is 2.23. The van der Waals surface area contributed by atoms with Crippen LogP contribution >= 0.6 is 0 Å². The molecule has 7 heteroatoms. The van der Waals surface area contributed by atoms with Crippen LogP contribution in [0.25, 0.3) is 10.9 Å². The van der Waals surface area contributed by atoms with Gasteiger partial charge in [0.25, 0.3) is 5.91 Å². The molecule has 0 spiro atoms. The van der Waals surface area contributed by atoms with Crippen molar-refractivity contribution in [2.75, 3.05) is 0 Å². The Morgan fingerprint density at radius 2 is 1.88 bits per heavy atom. The number of aliphatic carboxylic acids is 1. The number of benzene rings is 2. The van der Waals surface area contributed by atoms with E-state index < -0.39 is 29.6 Å². The number of carbonyl (C=O) groups excluding carboxylic acids is 1. The van der Waals surface area contributed by atoms with Crippen molar-refractivity contribution in [3.8, 4) is 0 Å². The predicted molar refractivity (Wildman–Crippen MR) is 87.3 cm³/mol. The van der Waals surface area contributed by atoms with Crippen LogP contribution in [0.1, 0.15) is 15.9 Å². The molecule has 3 rings (SSSR count). The van der Waals surface area contributed by atoms with Crippen LogP contribution in [-0.4, -0.2) is 28.0 Å². The Morgan fingerprint density at radius 1 is 1.12 bits per heavy atom. The summed E-state index contributed by atoms with van der Waals surface area (Å²) < 4.78 is 26.2. The molecule has 0 aliphatic carbocycles. The molecule has 0 fully saturated rings. The number of hydrogen-bond donors (Lipinski definition) is 3. The fourth-order valence-electron chi connectivity index (χ4n) is 2.60. The van der Waals surface area contributed by atoms with Crippen molar-refractivity contribution in [2.45, 2.75) is 12.5 Å². The topological polar surface area (TPSA) is 82.2 Å². The van der Waals surface area contributed by atoms with Gasteiger partial charge in [-0.2, -0.15) is 0 Å². The Bertz CT molecular complexity index is 952. The molecule has 0 radical (unpaired) electrons. The highest BCUT2D eigenvalue weighted by atomic mass is 19.2. The molecule has 0 aliphatic heterocycles. The second-order valence-electron chi connectivity index (χ2n) is 5.56. The fraction of sp³-hybridized carbons (Fsp3) is 0.111. The minimum atomic E-state index is -1.22. The third-order valence-electron chi connectivity index (χ3n) is 3.88. The van der Waals surface area contributed by atoms with E-state index >= 15 is 0 Å². The first-order valence-corrected chi connectivity index (χ1v) is 7.49. The van der Waals surface area contributed by atoms with E-state index in [4.69, 9.17) is 0 Å². The number of carboxylic acids is 1. The van der Waals surface area contributed by atoms with Gasteiger partial charge < -0.3 is 15.4 Å². The van der Waals surface area contributed by atoms with Crippen LogP contribution < -0.4 is 5.32 Å². The lowest BCUT2D eigenvalue weighted by molar-refractivity contribution is -0.139. The predicted octanol–water partition coefficient (Wildman–Crippen LogP) is 2.87. The fourth-order valence-corrected chi connectivity index (χ4v) is 2.60. The average molecular weight is 344 g/mol. The van der Waals surface area contributed by atoms with E-state index in [0.717, 1.165) is 34.7 Å². The average Bonchev–Trinajstić information content (AvgIpc) is 2.99. The number of aromatic amines is 1. The minimum Gasteiger partial charge on any atom is -0.480 e. The van der Waals surface area contributed by atoms with Gasteiger partial charge in [-0.15, -0.1) is 0 Å². The number of aromatic nitrogens is 1. The summed E-state index contributed by atoms with van der Waals surface area (Å²) in [5, 5.41) is 12.6. The van der Waals surface area contributed by atoms with Crippen molar-refractivity contribution in [3.63, 3.8) is 0 Å². The van der Waals surface area contributed by atoms with Crippen LogP contribution in [0.3, 0.4) is 0 Å². The van der Waals surface area contributed by atoms with Gasteiger partial charge in [-0.05, 0) is 29.8 Å². The van der Waals surface area contributed by atoms with Crippen molar-refractivity contribution in [2.24, 2.45) is 0 Å². The molecule has 25 heavy (non-hydrogen) atoms. The molecule has 5 nitrogen and oxygen atoms in total. The van der Waals surface area contributed by atoms with Crippen LogP contribution in [0.15, 0.2) is 48.7 Å². The minimum absolute atomic E-state index is 0.0504. The van der Waals surface area contributed by atoms with Gasteiger partial charge in [0.2, 0.25) is 0 Å². The van der Waals surface area contributed by atoms with E-state index in [9.17, 15) is 23.5 Å². The molecule has 0 saturated heterocycles. The molecular weight excluding hydrogens is 330 g/mol. The molecule has 0 aliphatic rings. The highest BCUT2D eigenvalue weighted by molar-refractivity contribution is 5.96. The second kappa shape index (κ2) is 6.72. The maximum atomic E-state index is 13.2. The molecule has 1 heterocycles. The zero-order valence-electron chi connectivity index (χ0n) is 12.9. The number of nitrogens with one attached hydrogen (secondary N) is 2. The number of halogens is 2. The summed E-state index contributed by atoms with van der Waals surface area (Å²) in [7, 11) is 0. The third-order valence-corrected chi connectivity index (χ3v) is 3.88. The van der Waals surface area contributed by atoms with E-state index in [1.807, 2.05) is 24.3 Å². The van der Waals surface area contributed by atoms with E-state index in [-0.39, 0.29) is 12.0 Å². The van der Waals surface area contributed by atoms with Gasteiger partial charge in [-0.1, -0.05) is 18.2 Å². The van der Waals surface area contributed by atoms with Gasteiger partial charge in [0.15, 0.2) is 11.6 Å². The monoisotopic (exact) mass is 344 g/mol. The first kappa shape index (κ1) is 16.6. The largest absolute Gasteiger partial charge is 0.480 e. The molecule has 0 bridgehead atoms. The Balaban J connectivity index is 1.80. The highest BCUT2D eigenvalue weighted by Crippen LogP contribution is 2.19. The summed E-state index contributed by atoms with van der Waals surface area (Å²) >= 11 is 0. The molecule has 0 unspecified atom stereocenters. The number of hydrogen-bond acceptors (Lipinski definition) is 2. The molecule has 1 amide bonds. The van der Waals surface area contributed by atoms with Crippen molar-refractivity contribution in [1.82, 2.24) is 10.3 Å². The van der Waals surface area contributed by atoms with Crippen LogP contribution in [0, 0.1) is 11.6 Å². The van der Waals surface area contributed by atoms with E-state index in [0.29, 0.717) is 0 Å². The molecular formula is C18H14F2N2O3. The smallest absolute Gasteiger partial charge is 0.326 e. The van der Waals surface area contributed by atoms with Gasteiger partial charge in [-0.3, -0.25) is 4.79 Å². The SMILES string of the molecule is O=C(N[C@H](Cc1c[nH]c2ccccc12)C(=O)O)c1ccc(F)c(F)c1. The van der Waals surface area contributed by atoms with E-state index in [1.165, 1.54) is 0 Å². The molecule has 3 N–H and O–H groups in total. The first-order valence-electron chi connectivity index (χ1n) is 7.49. The maximum Gasteiger partial charge on any atom is 0.326 e. The summed E-state index contributed by atoms with van der Waals surface area (Å²) in [5.41, 5.74) is 1.44. The summed E-state index contributed by atoms with van der Waals surface area (Å²) in [4.78, 5) is 26.7. The molecule has 2 aromatic carbocycles. The molecule has 128 valence electrons. The third kappa shape index (κ3) is 3.50. The number of H-pyrrole nitrogens is 1.